The standard InChI is InChI=1S/C9H5BrClFN2S/c10-7-8(13)14-9(15-7)5-3-4(11)1-2-6(5)12/h1-3H,13H2. The molecule has 1 aromatic heterocycles. The number of nitrogens with zero attached hydrogens (tertiary/aromatic N) is 1. The molecular formula is C9H5BrClFN2S. The molecule has 0 radical (unpaired) electrons. The second-order valence-electron chi connectivity index (χ2n) is 2.80. The van der Waals surface area contributed by atoms with Crippen LogP contribution in [0, 0.1) is 5.82 Å². The average molecular weight is 308 g/mol. The lowest BCUT2D eigenvalue weighted by Crippen LogP contribution is -1.86. The van der Waals surface area contributed by atoms with E-state index in [1.807, 2.05) is 0 Å². The zero-order valence-electron chi connectivity index (χ0n) is 7.30. The van der Waals surface area contributed by atoms with E-state index < -0.39 is 0 Å². The van der Waals surface area contributed by atoms with Gasteiger partial charge in [0.2, 0.25) is 0 Å². The normalized spacial score (nSPS) is 10.6. The van der Waals surface area contributed by atoms with Crippen LogP contribution in [0.15, 0.2) is 22.0 Å². The third kappa shape index (κ3) is 2.14. The highest BCUT2D eigenvalue weighted by atomic mass is 79.9. The van der Waals surface area contributed by atoms with E-state index in [-0.39, 0.29) is 5.82 Å². The second kappa shape index (κ2) is 4.08. The Kier molecular flexibility index (Phi) is 2.95. The van der Waals surface area contributed by atoms with E-state index in [0.717, 1.165) is 0 Å². The summed E-state index contributed by atoms with van der Waals surface area (Å²) in [5, 5.41) is 0.982. The molecule has 1 heterocycles. The molecule has 2 N–H and O–H groups in total. The van der Waals surface area contributed by atoms with Crippen molar-refractivity contribution < 1.29 is 4.39 Å². The molecule has 0 spiro atoms. The molecule has 0 unspecified atom stereocenters. The van der Waals surface area contributed by atoms with Crippen LogP contribution in [0.1, 0.15) is 0 Å². The summed E-state index contributed by atoms with van der Waals surface area (Å²) in [7, 11) is 0. The Morgan fingerprint density at radius 3 is 2.80 bits per heavy atom. The molecule has 15 heavy (non-hydrogen) atoms. The maximum absolute atomic E-state index is 13.4. The summed E-state index contributed by atoms with van der Waals surface area (Å²) < 4.78 is 14.1. The Morgan fingerprint density at radius 2 is 2.20 bits per heavy atom. The number of rotatable bonds is 1. The zero-order chi connectivity index (χ0) is 11.0. The highest BCUT2D eigenvalue weighted by molar-refractivity contribution is 9.11. The van der Waals surface area contributed by atoms with Gasteiger partial charge in [0.15, 0.2) is 0 Å². The van der Waals surface area contributed by atoms with E-state index in [9.17, 15) is 4.39 Å². The molecule has 2 aromatic rings. The van der Waals surface area contributed by atoms with Gasteiger partial charge in [0.05, 0.1) is 0 Å². The van der Waals surface area contributed by atoms with Crippen LogP contribution in [-0.2, 0) is 0 Å². The van der Waals surface area contributed by atoms with Crippen molar-refractivity contribution in [2.45, 2.75) is 0 Å². The molecule has 0 fully saturated rings. The lowest BCUT2D eigenvalue weighted by atomic mass is 10.2. The molecule has 78 valence electrons. The molecule has 0 saturated heterocycles. The minimum Gasteiger partial charge on any atom is -0.382 e. The third-order valence-corrected chi connectivity index (χ3v) is 3.79. The highest BCUT2D eigenvalue weighted by Gasteiger charge is 2.12. The van der Waals surface area contributed by atoms with Gasteiger partial charge in [0.25, 0.3) is 0 Å². The van der Waals surface area contributed by atoms with E-state index in [4.69, 9.17) is 17.3 Å². The number of hydrogen-bond donors (Lipinski definition) is 1. The lowest BCUT2D eigenvalue weighted by molar-refractivity contribution is 0.631. The van der Waals surface area contributed by atoms with Crippen LogP contribution in [-0.4, -0.2) is 4.98 Å². The van der Waals surface area contributed by atoms with Crippen molar-refractivity contribution in [1.82, 2.24) is 4.98 Å². The minimum absolute atomic E-state index is 0.356. The largest absolute Gasteiger partial charge is 0.382 e. The van der Waals surface area contributed by atoms with Gasteiger partial charge < -0.3 is 5.73 Å². The Labute approximate surface area is 103 Å². The molecule has 0 atom stereocenters. The van der Waals surface area contributed by atoms with Crippen LogP contribution in [0.2, 0.25) is 5.02 Å². The summed E-state index contributed by atoms with van der Waals surface area (Å²) in [4.78, 5) is 4.03. The van der Waals surface area contributed by atoms with Gasteiger partial charge in [0.1, 0.15) is 20.4 Å². The maximum Gasteiger partial charge on any atom is 0.149 e. The summed E-state index contributed by atoms with van der Waals surface area (Å²) in [6.07, 6.45) is 0. The van der Waals surface area contributed by atoms with Crippen molar-refractivity contribution in [3.8, 4) is 10.6 Å². The fourth-order valence-corrected chi connectivity index (χ4v) is 2.54. The fourth-order valence-electron chi connectivity index (χ4n) is 1.09. The van der Waals surface area contributed by atoms with Crippen LogP contribution >= 0.6 is 38.9 Å². The number of aromatic nitrogens is 1. The Balaban J connectivity index is 2.58. The second-order valence-corrected chi connectivity index (χ2v) is 5.56. The monoisotopic (exact) mass is 306 g/mol. The van der Waals surface area contributed by atoms with Crippen molar-refractivity contribution in [2.24, 2.45) is 0 Å². The van der Waals surface area contributed by atoms with Crippen molar-refractivity contribution in [1.29, 1.82) is 0 Å². The number of nitrogens with two attached hydrogens (primary N) is 1. The average Bonchev–Trinajstić information content (AvgIpc) is 2.51. The molecule has 0 saturated carbocycles. The predicted octanol–water partition coefficient (Wildman–Crippen LogP) is 3.95. The quantitative estimate of drug-likeness (QED) is 0.866. The van der Waals surface area contributed by atoms with Crippen LogP contribution in [0.3, 0.4) is 0 Å². The predicted molar refractivity (Wildman–Crippen MR) is 64.6 cm³/mol. The van der Waals surface area contributed by atoms with Crippen molar-refractivity contribution in [3.05, 3.63) is 32.8 Å². The van der Waals surface area contributed by atoms with Crippen molar-refractivity contribution in [3.63, 3.8) is 0 Å². The Morgan fingerprint density at radius 1 is 1.47 bits per heavy atom. The summed E-state index contributed by atoms with van der Waals surface area (Å²) in [5.41, 5.74) is 5.93. The Hall–Kier alpha value is -0.650. The topological polar surface area (TPSA) is 38.9 Å². The van der Waals surface area contributed by atoms with Gasteiger partial charge >= 0.3 is 0 Å². The van der Waals surface area contributed by atoms with Gasteiger partial charge in [0, 0.05) is 10.6 Å². The van der Waals surface area contributed by atoms with Crippen molar-refractivity contribution >= 4 is 44.7 Å². The molecule has 2 rings (SSSR count). The molecule has 0 aliphatic heterocycles. The van der Waals surface area contributed by atoms with Crippen LogP contribution in [0.4, 0.5) is 10.2 Å². The number of anilines is 1. The van der Waals surface area contributed by atoms with Gasteiger partial charge in [-0.1, -0.05) is 11.6 Å². The zero-order valence-corrected chi connectivity index (χ0v) is 10.5. The van der Waals surface area contributed by atoms with Gasteiger partial charge in [-0.3, -0.25) is 0 Å². The summed E-state index contributed by atoms with van der Waals surface area (Å²) >= 11 is 10.3. The first-order valence-corrected chi connectivity index (χ1v) is 5.94. The first kappa shape index (κ1) is 10.9. The Bertz CT molecular complexity index is 495. The fraction of sp³-hybridized carbons (Fsp3) is 0. The van der Waals surface area contributed by atoms with Crippen molar-refractivity contribution in [2.75, 3.05) is 5.73 Å². The SMILES string of the molecule is Nc1nc(-c2cc(Cl)ccc2F)sc1Br. The van der Waals surface area contributed by atoms with Crippen LogP contribution in [0.25, 0.3) is 10.6 Å². The van der Waals surface area contributed by atoms with Crippen LogP contribution < -0.4 is 5.73 Å². The van der Waals surface area contributed by atoms with E-state index in [1.54, 1.807) is 0 Å². The third-order valence-electron chi connectivity index (χ3n) is 1.77. The molecule has 0 bridgehead atoms. The molecule has 0 aliphatic rings. The van der Waals surface area contributed by atoms with E-state index in [2.05, 4.69) is 20.9 Å². The number of hydrogen-bond acceptors (Lipinski definition) is 3. The lowest BCUT2D eigenvalue weighted by Gasteiger charge is -1.98. The van der Waals surface area contributed by atoms with Crippen LogP contribution in [0.5, 0.6) is 0 Å². The summed E-state index contributed by atoms with van der Waals surface area (Å²) in [6.45, 7) is 0. The molecular weight excluding hydrogens is 303 g/mol. The van der Waals surface area contributed by atoms with E-state index in [0.29, 0.717) is 25.2 Å². The smallest absolute Gasteiger partial charge is 0.149 e. The minimum atomic E-state index is -0.361. The first-order chi connectivity index (χ1) is 7.08. The summed E-state index contributed by atoms with van der Waals surface area (Å²) in [6, 6.07) is 4.33. The van der Waals surface area contributed by atoms with Gasteiger partial charge in [-0.2, -0.15) is 0 Å². The van der Waals surface area contributed by atoms with E-state index >= 15 is 0 Å². The number of benzene rings is 1. The molecule has 6 heteroatoms. The first-order valence-electron chi connectivity index (χ1n) is 3.95. The number of halogens is 3. The number of nitrogen functional groups attached to an aromatic ring is 1. The van der Waals surface area contributed by atoms with Gasteiger partial charge in [-0.15, -0.1) is 11.3 Å². The molecule has 2 nitrogen and oxygen atoms in total. The van der Waals surface area contributed by atoms with Gasteiger partial charge in [-0.05, 0) is 34.1 Å². The van der Waals surface area contributed by atoms with E-state index in [1.165, 1.54) is 29.5 Å². The summed E-state index contributed by atoms with van der Waals surface area (Å²) in [5.74, 6) is -0.00461. The highest BCUT2D eigenvalue weighted by Crippen LogP contribution is 2.35. The van der Waals surface area contributed by atoms with Gasteiger partial charge in [-0.25, -0.2) is 9.37 Å². The molecule has 0 amide bonds. The molecule has 0 aliphatic carbocycles. The number of thiazole rings is 1. The maximum atomic E-state index is 13.4. The molecule has 1 aromatic carbocycles.